The number of benzene rings is 1. The Kier molecular flexibility index (Phi) is 8.33. The summed E-state index contributed by atoms with van der Waals surface area (Å²) in [6.07, 6.45) is -0.0376. The Labute approximate surface area is 151 Å². The maximum Gasteiger partial charge on any atom is 0.348 e. The summed E-state index contributed by atoms with van der Waals surface area (Å²) in [6, 6.07) is 9.53. The third-order valence-electron chi connectivity index (χ3n) is 4.34. The summed E-state index contributed by atoms with van der Waals surface area (Å²) in [6.45, 7) is 11.1. The highest BCUT2D eigenvalue weighted by Crippen LogP contribution is 2.66. The van der Waals surface area contributed by atoms with Crippen molar-refractivity contribution in [1.82, 2.24) is 0 Å². The van der Waals surface area contributed by atoms with E-state index >= 15 is 0 Å². The summed E-state index contributed by atoms with van der Waals surface area (Å²) in [5.41, 5.74) is 0.893. The minimum Gasteiger partial charge on any atom is -0.462 e. The van der Waals surface area contributed by atoms with Crippen LogP contribution in [0.5, 0.6) is 0 Å². The lowest BCUT2D eigenvalue weighted by atomic mass is 9.84. The zero-order chi connectivity index (χ0) is 19.1. The van der Waals surface area contributed by atoms with Gasteiger partial charge in [-0.1, -0.05) is 44.2 Å². The van der Waals surface area contributed by atoms with E-state index in [1.54, 1.807) is 27.7 Å². The van der Waals surface area contributed by atoms with Gasteiger partial charge in [-0.05, 0) is 39.7 Å². The number of ether oxygens (including phenoxy) is 1. The molecule has 2 atom stereocenters. The SMILES string of the molecule is CCOP(=O)(OCC)[C@@](CC)(C(=O)OC(C)C)[C@@H](C)c1ccccc1. The molecular formula is C19H31O5P. The highest BCUT2D eigenvalue weighted by molar-refractivity contribution is 7.56. The van der Waals surface area contributed by atoms with Crippen molar-refractivity contribution >= 4 is 13.6 Å². The van der Waals surface area contributed by atoms with Crippen molar-refractivity contribution < 1.29 is 23.1 Å². The first-order valence-corrected chi connectivity index (χ1v) is 10.5. The van der Waals surface area contributed by atoms with Crippen LogP contribution in [-0.4, -0.2) is 30.4 Å². The quantitative estimate of drug-likeness (QED) is 0.421. The molecule has 0 aromatic heterocycles. The van der Waals surface area contributed by atoms with Crippen LogP contribution in [0.4, 0.5) is 0 Å². The first-order valence-electron chi connectivity index (χ1n) is 8.94. The van der Waals surface area contributed by atoms with Gasteiger partial charge in [-0.3, -0.25) is 9.36 Å². The topological polar surface area (TPSA) is 61.8 Å². The second-order valence-corrected chi connectivity index (χ2v) is 8.51. The summed E-state index contributed by atoms with van der Waals surface area (Å²) < 4.78 is 30.5. The Balaban J connectivity index is 3.57. The van der Waals surface area contributed by atoms with Gasteiger partial charge in [0.05, 0.1) is 19.3 Å². The van der Waals surface area contributed by atoms with E-state index in [0.717, 1.165) is 5.56 Å². The molecule has 0 bridgehead atoms. The van der Waals surface area contributed by atoms with E-state index < -0.39 is 24.6 Å². The number of esters is 1. The fourth-order valence-corrected chi connectivity index (χ4v) is 5.61. The fraction of sp³-hybridized carbons (Fsp3) is 0.632. The zero-order valence-corrected chi connectivity index (χ0v) is 17.0. The molecule has 1 aromatic carbocycles. The summed E-state index contributed by atoms with van der Waals surface area (Å²) in [5, 5.41) is -1.40. The van der Waals surface area contributed by atoms with Crippen LogP contribution in [0.3, 0.4) is 0 Å². The Morgan fingerprint density at radius 3 is 1.96 bits per heavy atom. The number of hydrogen-bond acceptors (Lipinski definition) is 5. The molecule has 0 unspecified atom stereocenters. The minimum atomic E-state index is -3.77. The molecule has 0 fully saturated rings. The van der Waals surface area contributed by atoms with E-state index in [1.165, 1.54) is 0 Å². The molecule has 0 aliphatic rings. The number of carbonyl (C=O) groups excluding carboxylic acids is 1. The average Bonchev–Trinajstić information content (AvgIpc) is 2.56. The maximum absolute atomic E-state index is 13.8. The van der Waals surface area contributed by atoms with Crippen molar-refractivity contribution in [3.8, 4) is 0 Å². The molecule has 0 saturated heterocycles. The highest BCUT2D eigenvalue weighted by atomic mass is 31.2. The molecule has 0 saturated carbocycles. The van der Waals surface area contributed by atoms with Gasteiger partial charge in [0, 0.05) is 5.92 Å². The van der Waals surface area contributed by atoms with Crippen LogP contribution in [0.15, 0.2) is 30.3 Å². The lowest BCUT2D eigenvalue weighted by Gasteiger charge is -2.40. The summed E-state index contributed by atoms with van der Waals surface area (Å²) in [4.78, 5) is 13.2. The molecule has 6 heteroatoms. The van der Waals surface area contributed by atoms with Crippen LogP contribution in [0.25, 0.3) is 0 Å². The van der Waals surface area contributed by atoms with Crippen molar-refractivity contribution in [2.45, 2.75) is 65.1 Å². The fourth-order valence-electron chi connectivity index (χ4n) is 3.11. The highest BCUT2D eigenvalue weighted by Gasteiger charge is 2.60. The molecule has 0 radical (unpaired) electrons. The Morgan fingerprint density at radius 2 is 1.56 bits per heavy atom. The van der Waals surface area contributed by atoms with Gasteiger partial charge in [-0.2, -0.15) is 0 Å². The van der Waals surface area contributed by atoms with Crippen LogP contribution >= 0.6 is 7.60 Å². The van der Waals surface area contributed by atoms with E-state index in [-0.39, 0.29) is 25.7 Å². The summed E-state index contributed by atoms with van der Waals surface area (Å²) >= 11 is 0. The van der Waals surface area contributed by atoms with E-state index in [1.807, 2.05) is 44.2 Å². The van der Waals surface area contributed by atoms with Gasteiger partial charge in [0.1, 0.15) is 0 Å². The Morgan fingerprint density at radius 1 is 1.04 bits per heavy atom. The molecule has 142 valence electrons. The van der Waals surface area contributed by atoms with Gasteiger partial charge in [-0.15, -0.1) is 0 Å². The van der Waals surface area contributed by atoms with E-state index in [0.29, 0.717) is 0 Å². The van der Waals surface area contributed by atoms with Crippen molar-refractivity contribution in [3.63, 3.8) is 0 Å². The second-order valence-electron chi connectivity index (χ2n) is 6.20. The van der Waals surface area contributed by atoms with Crippen LogP contribution in [0, 0.1) is 0 Å². The minimum absolute atomic E-state index is 0.190. The van der Waals surface area contributed by atoms with Crippen molar-refractivity contribution in [1.29, 1.82) is 0 Å². The zero-order valence-electron chi connectivity index (χ0n) is 16.2. The van der Waals surface area contributed by atoms with E-state index in [4.69, 9.17) is 13.8 Å². The molecule has 0 spiro atoms. The molecule has 0 aliphatic heterocycles. The normalized spacial score (nSPS) is 15.6. The molecule has 0 heterocycles. The predicted octanol–water partition coefficient (Wildman–Crippen LogP) is 5.16. The Hall–Kier alpha value is -1.16. The molecule has 25 heavy (non-hydrogen) atoms. The molecule has 0 N–H and O–H groups in total. The maximum atomic E-state index is 13.8. The van der Waals surface area contributed by atoms with Gasteiger partial charge >= 0.3 is 13.6 Å². The van der Waals surface area contributed by atoms with E-state index in [2.05, 4.69) is 0 Å². The van der Waals surface area contributed by atoms with Crippen LogP contribution in [-0.2, 0) is 23.1 Å². The average molecular weight is 370 g/mol. The number of hydrogen-bond donors (Lipinski definition) is 0. The third-order valence-corrected chi connectivity index (χ3v) is 7.40. The van der Waals surface area contributed by atoms with Gasteiger partial charge < -0.3 is 13.8 Å². The standard InChI is InChI=1S/C19H31O5P/c1-7-19(18(20)24-15(4)5,25(21,22-8-2)23-9-3)16(6)17-13-11-10-12-14-17/h10-16H,7-9H2,1-6H3/t16-,19+/m0/s1. The second kappa shape index (κ2) is 9.51. The first kappa shape index (κ1) is 21.9. The first-order chi connectivity index (χ1) is 11.8. The van der Waals surface area contributed by atoms with Gasteiger partial charge in [0.25, 0.3) is 0 Å². The molecule has 1 aromatic rings. The smallest absolute Gasteiger partial charge is 0.348 e. The molecule has 0 aliphatic carbocycles. The van der Waals surface area contributed by atoms with Gasteiger partial charge in [0.15, 0.2) is 5.16 Å². The van der Waals surface area contributed by atoms with Crippen LogP contribution in [0.1, 0.15) is 59.4 Å². The summed E-state index contributed by atoms with van der Waals surface area (Å²) in [7, 11) is -3.77. The third kappa shape index (κ3) is 4.52. The monoisotopic (exact) mass is 370 g/mol. The van der Waals surface area contributed by atoms with Crippen molar-refractivity contribution in [2.24, 2.45) is 0 Å². The Bertz CT molecular complexity index is 577. The summed E-state index contributed by atoms with van der Waals surface area (Å²) in [5.74, 6) is -0.930. The molecule has 1 rings (SSSR count). The molecular weight excluding hydrogens is 339 g/mol. The molecule has 0 amide bonds. The van der Waals surface area contributed by atoms with E-state index in [9.17, 15) is 9.36 Å². The van der Waals surface area contributed by atoms with Crippen LogP contribution < -0.4 is 0 Å². The van der Waals surface area contributed by atoms with Crippen molar-refractivity contribution in [3.05, 3.63) is 35.9 Å². The number of carbonyl (C=O) groups is 1. The lowest BCUT2D eigenvalue weighted by Crippen LogP contribution is -2.46. The lowest BCUT2D eigenvalue weighted by molar-refractivity contribution is -0.152. The van der Waals surface area contributed by atoms with Gasteiger partial charge in [0.2, 0.25) is 0 Å². The van der Waals surface area contributed by atoms with Crippen LogP contribution in [0.2, 0.25) is 0 Å². The molecule has 5 nitrogen and oxygen atoms in total. The van der Waals surface area contributed by atoms with Crippen molar-refractivity contribution in [2.75, 3.05) is 13.2 Å². The largest absolute Gasteiger partial charge is 0.462 e. The number of rotatable bonds is 10. The predicted molar refractivity (Wildman–Crippen MR) is 100.0 cm³/mol. The van der Waals surface area contributed by atoms with Gasteiger partial charge in [-0.25, -0.2) is 0 Å².